The lowest BCUT2D eigenvalue weighted by Crippen LogP contribution is -2.08. The first-order chi connectivity index (χ1) is 8.80. The van der Waals surface area contributed by atoms with Gasteiger partial charge in [-0.1, -0.05) is 6.07 Å². The lowest BCUT2D eigenvalue weighted by molar-refractivity contribution is -0.137. The molecule has 1 heterocycles. The van der Waals surface area contributed by atoms with Gasteiger partial charge in [-0.05, 0) is 19.1 Å². The van der Waals surface area contributed by atoms with E-state index in [1.807, 2.05) is 0 Å². The Balaban J connectivity index is 2.60. The van der Waals surface area contributed by atoms with E-state index in [2.05, 4.69) is 10.2 Å². The van der Waals surface area contributed by atoms with Gasteiger partial charge in [0.15, 0.2) is 0 Å². The Kier molecular flexibility index (Phi) is 3.27. The van der Waals surface area contributed by atoms with Crippen molar-refractivity contribution in [1.82, 2.24) is 10.2 Å². The second kappa shape index (κ2) is 4.61. The van der Waals surface area contributed by atoms with E-state index in [4.69, 9.17) is 10.2 Å². The van der Waals surface area contributed by atoms with Crippen LogP contribution in [0.4, 0.5) is 17.6 Å². The summed E-state index contributed by atoms with van der Waals surface area (Å²) in [4.78, 5) is 0. The molecule has 2 rings (SSSR count). The Morgan fingerprint density at radius 3 is 2.47 bits per heavy atom. The molecule has 0 spiro atoms. The molecule has 0 aliphatic rings. The number of benzene rings is 1. The summed E-state index contributed by atoms with van der Waals surface area (Å²) in [5.74, 6) is -1.70. The molecule has 1 unspecified atom stereocenters. The van der Waals surface area contributed by atoms with E-state index in [-0.39, 0.29) is 5.89 Å². The minimum absolute atomic E-state index is 0.0635. The lowest BCUT2D eigenvalue weighted by atomic mass is 10.1. The maximum Gasteiger partial charge on any atom is 0.417 e. The third kappa shape index (κ3) is 2.58. The van der Waals surface area contributed by atoms with Gasteiger partial charge in [0, 0.05) is 0 Å². The first kappa shape index (κ1) is 13.5. The number of hydrogen-bond acceptors (Lipinski definition) is 4. The quantitative estimate of drug-likeness (QED) is 0.856. The van der Waals surface area contributed by atoms with Crippen LogP contribution in [-0.4, -0.2) is 10.2 Å². The molecule has 0 saturated carbocycles. The van der Waals surface area contributed by atoms with Gasteiger partial charge in [-0.2, -0.15) is 13.2 Å². The molecule has 0 aliphatic carbocycles. The Hall–Kier alpha value is -1.96. The topological polar surface area (TPSA) is 64.9 Å². The van der Waals surface area contributed by atoms with Crippen LogP contribution in [-0.2, 0) is 6.18 Å². The van der Waals surface area contributed by atoms with Crippen LogP contribution < -0.4 is 5.73 Å². The number of aromatic nitrogens is 2. The van der Waals surface area contributed by atoms with Gasteiger partial charge in [-0.3, -0.25) is 0 Å². The summed E-state index contributed by atoms with van der Waals surface area (Å²) in [5, 5.41) is 6.89. The summed E-state index contributed by atoms with van der Waals surface area (Å²) in [6.07, 6.45) is -4.72. The van der Waals surface area contributed by atoms with Gasteiger partial charge in [0.1, 0.15) is 5.82 Å². The van der Waals surface area contributed by atoms with Crippen molar-refractivity contribution in [3.63, 3.8) is 0 Å². The zero-order valence-corrected chi connectivity index (χ0v) is 9.70. The Morgan fingerprint density at radius 2 is 1.95 bits per heavy atom. The van der Waals surface area contributed by atoms with Gasteiger partial charge < -0.3 is 10.2 Å². The molecular weight excluding hydrogens is 266 g/mol. The molecular formula is C11H9F4N3O. The van der Waals surface area contributed by atoms with Crippen molar-refractivity contribution in [3.8, 4) is 11.5 Å². The van der Waals surface area contributed by atoms with Crippen LogP contribution in [0.1, 0.15) is 24.4 Å². The van der Waals surface area contributed by atoms with E-state index in [9.17, 15) is 17.6 Å². The van der Waals surface area contributed by atoms with Crippen LogP contribution in [0.2, 0.25) is 0 Å². The molecule has 0 amide bonds. The third-order valence-electron chi connectivity index (χ3n) is 2.36. The van der Waals surface area contributed by atoms with Crippen molar-refractivity contribution in [2.45, 2.75) is 19.1 Å². The fraction of sp³-hybridized carbons (Fsp3) is 0.273. The molecule has 8 heteroatoms. The predicted molar refractivity (Wildman–Crippen MR) is 57.3 cm³/mol. The summed E-state index contributed by atoms with van der Waals surface area (Å²) >= 11 is 0. The van der Waals surface area contributed by atoms with Gasteiger partial charge in [0.25, 0.3) is 5.89 Å². The third-order valence-corrected chi connectivity index (χ3v) is 2.36. The molecule has 0 bridgehead atoms. The summed E-state index contributed by atoms with van der Waals surface area (Å²) in [6, 6.07) is 1.95. The summed E-state index contributed by atoms with van der Waals surface area (Å²) in [5.41, 5.74) is 3.51. The SMILES string of the molecule is CC(N)c1nnc(-c2c(F)cccc2C(F)(F)F)o1. The normalized spacial score (nSPS) is 13.6. The van der Waals surface area contributed by atoms with Gasteiger partial charge >= 0.3 is 6.18 Å². The fourth-order valence-electron chi connectivity index (χ4n) is 1.50. The van der Waals surface area contributed by atoms with Crippen LogP contribution >= 0.6 is 0 Å². The second-order valence-corrected chi connectivity index (χ2v) is 3.89. The Bertz CT molecular complexity index is 592. The Labute approximate surface area is 105 Å². The number of alkyl halides is 3. The van der Waals surface area contributed by atoms with E-state index in [0.29, 0.717) is 0 Å². The first-order valence-electron chi connectivity index (χ1n) is 5.25. The fourth-order valence-corrected chi connectivity index (χ4v) is 1.50. The number of nitrogens with two attached hydrogens (primary N) is 1. The molecule has 0 radical (unpaired) electrons. The van der Waals surface area contributed by atoms with Crippen molar-refractivity contribution in [2.75, 3.05) is 0 Å². The van der Waals surface area contributed by atoms with Crippen molar-refractivity contribution < 1.29 is 22.0 Å². The van der Waals surface area contributed by atoms with Crippen LogP contribution in [0.3, 0.4) is 0 Å². The smallest absolute Gasteiger partial charge is 0.417 e. The predicted octanol–water partition coefficient (Wildman–Crippen LogP) is 2.91. The molecule has 102 valence electrons. The van der Waals surface area contributed by atoms with Gasteiger partial charge in [0.05, 0.1) is 17.2 Å². The lowest BCUT2D eigenvalue weighted by Gasteiger charge is -2.10. The highest BCUT2D eigenvalue weighted by Crippen LogP contribution is 2.38. The molecule has 0 saturated heterocycles. The minimum atomic E-state index is -4.72. The Morgan fingerprint density at radius 1 is 1.26 bits per heavy atom. The van der Waals surface area contributed by atoms with E-state index in [1.54, 1.807) is 0 Å². The summed E-state index contributed by atoms with van der Waals surface area (Å²) in [6.45, 7) is 1.52. The molecule has 1 aromatic heterocycles. The van der Waals surface area contributed by atoms with Crippen molar-refractivity contribution >= 4 is 0 Å². The maximum atomic E-state index is 13.6. The molecule has 4 nitrogen and oxygen atoms in total. The zero-order chi connectivity index (χ0) is 14.2. The van der Waals surface area contributed by atoms with Gasteiger partial charge in [0.2, 0.25) is 5.89 Å². The van der Waals surface area contributed by atoms with E-state index < -0.39 is 35.1 Å². The van der Waals surface area contributed by atoms with Crippen molar-refractivity contribution in [1.29, 1.82) is 0 Å². The van der Waals surface area contributed by atoms with Crippen LogP contribution in [0, 0.1) is 5.82 Å². The monoisotopic (exact) mass is 275 g/mol. The molecule has 1 atom stereocenters. The maximum absolute atomic E-state index is 13.6. The van der Waals surface area contributed by atoms with Crippen molar-refractivity contribution in [3.05, 3.63) is 35.5 Å². The summed E-state index contributed by atoms with van der Waals surface area (Å²) in [7, 11) is 0. The van der Waals surface area contributed by atoms with Gasteiger partial charge in [-0.15, -0.1) is 10.2 Å². The minimum Gasteiger partial charge on any atom is -0.419 e. The number of rotatable bonds is 2. The molecule has 2 aromatic rings. The summed E-state index contributed by atoms with van der Waals surface area (Å²) < 4.78 is 57.0. The van der Waals surface area contributed by atoms with E-state index >= 15 is 0 Å². The zero-order valence-electron chi connectivity index (χ0n) is 9.70. The second-order valence-electron chi connectivity index (χ2n) is 3.89. The van der Waals surface area contributed by atoms with Crippen molar-refractivity contribution in [2.24, 2.45) is 5.73 Å². The first-order valence-corrected chi connectivity index (χ1v) is 5.25. The van der Waals surface area contributed by atoms with Crippen LogP contribution in [0.15, 0.2) is 22.6 Å². The highest BCUT2D eigenvalue weighted by molar-refractivity contribution is 5.60. The highest BCUT2D eigenvalue weighted by Gasteiger charge is 2.36. The average molecular weight is 275 g/mol. The average Bonchev–Trinajstić information content (AvgIpc) is 2.76. The molecule has 0 aliphatic heterocycles. The van der Waals surface area contributed by atoms with E-state index in [1.165, 1.54) is 6.92 Å². The molecule has 0 fully saturated rings. The van der Waals surface area contributed by atoms with Crippen LogP contribution in [0.25, 0.3) is 11.5 Å². The highest BCUT2D eigenvalue weighted by atomic mass is 19.4. The number of nitrogens with zero attached hydrogens (tertiary/aromatic N) is 2. The molecule has 2 N–H and O–H groups in total. The van der Waals surface area contributed by atoms with E-state index in [0.717, 1.165) is 18.2 Å². The molecule has 1 aromatic carbocycles. The van der Waals surface area contributed by atoms with Gasteiger partial charge in [-0.25, -0.2) is 4.39 Å². The standard InChI is InChI=1S/C11H9F4N3O/c1-5(16)9-17-18-10(19-9)8-6(11(13,14)15)3-2-4-7(8)12/h2-5H,16H2,1H3. The number of hydrogen-bond donors (Lipinski definition) is 1. The van der Waals surface area contributed by atoms with Crippen LogP contribution in [0.5, 0.6) is 0 Å². The number of halogens is 4. The molecule has 19 heavy (non-hydrogen) atoms. The largest absolute Gasteiger partial charge is 0.419 e.